The standard InChI is InChI=1S/C23H26ClN3O2/c24-20-14-25-23(26-19-11-5-10-18(13-19)22(28)29)27-21(20)17-9-4-8-16(12-17)15-6-2-1-3-7-15/h1-4,6-9,12,14,18-19,22-23,26-29H,5,10-11,13H2/t18-,19?,23?/m0/s1. The lowest BCUT2D eigenvalue weighted by molar-refractivity contribution is -0.0957. The van der Waals surface area contributed by atoms with E-state index in [2.05, 4.69) is 39.9 Å². The number of aliphatic imine (C=N–C) groups is 1. The second-order valence-corrected chi connectivity index (χ2v) is 8.11. The third kappa shape index (κ3) is 4.87. The van der Waals surface area contributed by atoms with Crippen LogP contribution in [-0.2, 0) is 0 Å². The lowest BCUT2D eigenvalue weighted by Gasteiger charge is -2.34. The van der Waals surface area contributed by atoms with Crippen LogP contribution in [0.1, 0.15) is 31.2 Å². The summed E-state index contributed by atoms with van der Waals surface area (Å²) in [5, 5.41) is 26.5. The van der Waals surface area contributed by atoms with E-state index in [1.165, 1.54) is 0 Å². The Hall–Kier alpha value is -2.18. The van der Waals surface area contributed by atoms with Gasteiger partial charge in [-0.1, -0.05) is 66.6 Å². The molecule has 152 valence electrons. The van der Waals surface area contributed by atoms with Gasteiger partial charge < -0.3 is 15.5 Å². The first-order valence-electron chi connectivity index (χ1n) is 10.1. The number of aliphatic hydroxyl groups excluding tert-OH is 1. The molecule has 1 heterocycles. The Morgan fingerprint density at radius 1 is 1.00 bits per heavy atom. The zero-order valence-electron chi connectivity index (χ0n) is 16.1. The van der Waals surface area contributed by atoms with Crippen molar-refractivity contribution in [1.29, 1.82) is 0 Å². The molecule has 4 rings (SSSR count). The molecule has 1 saturated carbocycles. The van der Waals surface area contributed by atoms with E-state index in [1.807, 2.05) is 30.3 Å². The molecule has 2 aliphatic rings. The first kappa shape index (κ1) is 20.1. The van der Waals surface area contributed by atoms with Crippen LogP contribution in [0.3, 0.4) is 0 Å². The summed E-state index contributed by atoms with van der Waals surface area (Å²) in [6.45, 7) is 0. The van der Waals surface area contributed by atoms with E-state index < -0.39 is 6.29 Å². The number of halogens is 1. The van der Waals surface area contributed by atoms with Crippen LogP contribution >= 0.6 is 11.6 Å². The van der Waals surface area contributed by atoms with Crippen molar-refractivity contribution in [2.75, 3.05) is 0 Å². The van der Waals surface area contributed by atoms with Crippen molar-refractivity contribution in [1.82, 2.24) is 10.6 Å². The Kier molecular flexibility index (Phi) is 6.31. The van der Waals surface area contributed by atoms with E-state index in [0.29, 0.717) is 5.03 Å². The summed E-state index contributed by atoms with van der Waals surface area (Å²) in [6, 6.07) is 18.7. The smallest absolute Gasteiger partial charge is 0.174 e. The van der Waals surface area contributed by atoms with Crippen LogP contribution in [0.4, 0.5) is 0 Å². The highest BCUT2D eigenvalue weighted by Gasteiger charge is 2.28. The van der Waals surface area contributed by atoms with Gasteiger partial charge in [0.1, 0.15) is 0 Å². The molecule has 2 unspecified atom stereocenters. The molecule has 0 aromatic heterocycles. The van der Waals surface area contributed by atoms with Gasteiger partial charge in [0.05, 0.1) is 10.7 Å². The van der Waals surface area contributed by atoms with Gasteiger partial charge in [0.15, 0.2) is 12.6 Å². The molecule has 0 amide bonds. The first-order chi connectivity index (χ1) is 14.1. The van der Waals surface area contributed by atoms with Crippen LogP contribution in [0.25, 0.3) is 16.8 Å². The molecule has 6 heteroatoms. The van der Waals surface area contributed by atoms with E-state index in [1.54, 1.807) is 6.21 Å². The molecule has 2 aromatic rings. The Morgan fingerprint density at radius 3 is 2.55 bits per heavy atom. The van der Waals surface area contributed by atoms with E-state index in [-0.39, 0.29) is 18.2 Å². The van der Waals surface area contributed by atoms with Crippen LogP contribution in [0.5, 0.6) is 0 Å². The quantitative estimate of drug-likeness (QED) is 0.566. The highest BCUT2D eigenvalue weighted by Crippen LogP contribution is 2.29. The Labute approximate surface area is 176 Å². The van der Waals surface area contributed by atoms with Crippen LogP contribution in [-0.4, -0.2) is 35.0 Å². The number of hydrogen-bond donors (Lipinski definition) is 4. The van der Waals surface area contributed by atoms with E-state index in [0.717, 1.165) is 48.1 Å². The summed E-state index contributed by atoms with van der Waals surface area (Å²) in [7, 11) is 0. The van der Waals surface area contributed by atoms with Gasteiger partial charge in [0.2, 0.25) is 0 Å². The summed E-state index contributed by atoms with van der Waals surface area (Å²) in [4.78, 5) is 4.47. The zero-order valence-corrected chi connectivity index (χ0v) is 16.9. The third-order valence-electron chi connectivity index (χ3n) is 5.65. The minimum atomic E-state index is -1.26. The van der Waals surface area contributed by atoms with Gasteiger partial charge >= 0.3 is 0 Å². The fourth-order valence-electron chi connectivity index (χ4n) is 4.11. The number of nitrogens with one attached hydrogen (secondary N) is 2. The minimum Gasteiger partial charge on any atom is -0.368 e. The molecule has 0 radical (unpaired) electrons. The second-order valence-electron chi connectivity index (χ2n) is 7.70. The highest BCUT2D eigenvalue weighted by molar-refractivity contribution is 6.42. The van der Waals surface area contributed by atoms with Gasteiger partial charge in [0.25, 0.3) is 0 Å². The molecule has 1 aliphatic carbocycles. The van der Waals surface area contributed by atoms with E-state index in [4.69, 9.17) is 11.6 Å². The van der Waals surface area contributed by atoms with E-state index in [9.17, 15) is 10.2 Å². The zero-order chi connectivity index (χ0) is 20.2. The summed E-state index contributed by atoms with van der Waals surface area (Å²) in [5.74, 6) is -0.0880. The van der Waals surface area contributed by atoms with Crippen LogP contribution in [0.15, 0.2) is 64.6 Å². The van der Waals surface area contributed by atoms with Gasteiger partial charge in [-0.15, -0.1) is 0 Å². The van der Waals surface area contributed by atoms with Crippen LogP contribution in [0.2, 0.25) is 0 Å². The third-order valence-corrected chi connectivity index (χ3v) is 5.93. The lowest BCUT2D eigenvalue weighted by Crippen LogP contribution is -2.49. The number of rotatable bonds is 5. The maximum atomic E-state index is 9.50. The Balaban J connectivity index is 1.48. The van der Waals surface area contributed by atoms with Gasteiger partial charge in [-0.3, -0.25) is 10.3 Å². The Bertz CT molecular complexity index is 898. The number of aliphatic hydroxyl groups is 2. The fourth-order valence-corrected chi connectivity index (χ4v) is 4.33. The van der Waals surface area contributed by atoms with E-state index >= 15 is 0 Å². The highest BCUT2D eigenvalue weighted by atomic mass is 35.5. The summed E-state index contributed by atoms with van der Waals surface area (Å²) >= 11 is 6.46. The Morgan fingerprint density at radius 2 is 1.76 bits per heavy atom. The van der Waals surface area contributed by atoms with Crippen molar-refractivity contribution in [2.45, 2.75) is 44.3 Å². The molecule has 0 spiro atoms. The number of allylic oxidation sites excluding steroid dienone is 1. The summed E-state index contributed by atoms with van der Waals surface area (Å²) in [5.41, 5.74) is 4.12. The summed E-state index contributed by atoms with van der Waals surface area (Å²) in [6.07, 6.45) is 3.66. The molecule has 5 nitrogen and oxygen atoms in total. The average Bonchev–Trinajstić information content (AvgIpc) is 2.76. The van der Waals surface area contributed by atoms with Crippen LogP contribution < -0.4 is 10.6 Å². The molecule has 0 saturated heterocycles. The lowest BCUT2D eigenvalue weighted by atomic mass is 9.85. The average molecular weight is 412 g/mol. The maximum Gasteiger partial charge on any atom is 0.174 e. The number of hydrogen-bond acceptors (Lipinski definition) is 5. The van der Waals surface area contributed by atoms with Gasteiger partial charge in [0, 0.05) is 18.2 Å². The summed E-state index contributed by atoms with van der Waals surface area (Å²) < 4.78 is 0. The molecule has 29 heavy (non-hydrogen) atoms. The van der Waals surface area contributed by atoms with Crippen molar-refractivity contribution in [3.8, 4) is 11.1 Å². The minimum absolute atomic E-state index is 0.0880. The molecule has 1 aliphatic heterocycles. The van der Waals surface area contributed by atoms with Crippen molar-refractivity contribution < 1.29 is 10.2 Å². The molecule has 2 aromatic carbocycles. The second kappa shape index (κ2) is 9.09. The molecular formula is C23H26ClN3O2. The molecule has 0 bridgehead atoms. The first-order valence-corrected chi connectivity index (χ1v) is 10.5. The van der Waals surface area contributed by atoms with Crippen LogP contribution in [0, 0.1) is 5.92 Å². The van der Waals surface area contributed by atoms with Gasteiger partial charge in [-0.2, -0.15) is 0 Å². The molecular weight excluding hydrogens is 386 g/mol. The van der Waals surface area contributed by atoms with Crippen molar-refractivity contribution in [2.24, 2.45) is 10.9 Å². The monoisotopic (exact) mass is 411 g/mol. The normalized spacial score (nSPS) is 24.6. The predicted molar refractivity (Wildman–Crippen MR) is 117 cm³/mol. The predicted octanol–water partition coefficient (Wildman–Crippen LogP) is 3.68. The number of nitrogens with zero attached hydrogens (tertiary/aromatic N) is 1. The molecule has 3 atom stereocenters. The largest absolute Gasteiger partial charge is 0.368 e. The van der Waals surface area contributed by atoms with Crippen molar-refractivity contribution in [3.05, 3.63) is 65.2 Å². The van der Waals surface area contributed by atoms with Gasteiger partial charge in [-0.25, -0.2) is 0 Å². The SMILES string of the molecule is OC(O)[C@H]1CCCC(NC2N=CC(Cl)=C(c3cccc(-c4ccccc4)c3)N2)C1. The van der Waals surface area contributed by atoms with Crippen molar-refractivity contribution in [3.63, 3.8) is 0 Å². The fraction of sp³-hybridized carbons (Fsp3) is 0.348. The van der Waals surface area contributed by atoms with Gasteiger partial charge in [-0.05, 0) is 42.0 Å². The molecule has 1 fully saturated rings. The van der Waals surface area contributed by atoms with Crippen molar-refractivity contribution >= 4 is 23.5 Å². The topological polar surface area (TPSA) is 76.9 Å². The molecule has 4 N–H and O–H groups in total. The maximum absolute atomic E-state index is 9.50. The number of benzene rings is 2.